The Morgan fingerprint density at radius 2 is 2.11 bits per heavy atom. The first-order valence-electron chi connectivity index (χ1n) is 1.89. The predicted molar refractivity (Wildman–Crippen MR) is 27.9 cm³/mol. The molecule has 48 valence electrons. The van der Waals surface area contributed by atoms with E-state index in [0.717, 1.165) is 0 Å². The summed E-state index contributed by atoms with van der Waals surface area (Å²) >= 11 is 0. The second kappa shape index (κ2) is 3.26. The van der Waals surface area contributed by atoms with Crippen LogP contribution < -0.4 is 16.5 Å². The van der Waals surface area contributed by atoms with Gasteiger partial charge in [-0.05, 0) is 5.43 Å². The molecule has 0 unspecified atom stereocenters. The first kappa shape index (κ1) is 7.23. The van der Waals surface area contributed by atoms with E-state index in [-0.39, 0.29) is 0 Å². The van der Waals surface area contributed by atoms with Crippen LogP contribution in [0.15, 0.2) is 0 Å². The lowest BCUT2D eigenvalue weighted by atomic mass is 10.9. The molecule has 4 N–H and O–H groups in total. The zero-order chi connectivity index (χ0) is 7.28. The average Bonchev–Trinajstić information content (AvgIpc) is 1.63. The Hall–Kier alpha value is -1.77. The van der Waals surface area contributed by atoms with E-state index < -0.39 is 12.1 Å². The highest BCUT2D eigenvalue weighted by Gasteiger charge is 2.02. The van der Waals surface area contributed by atoms with Gasteiger partial charge in [-0.3, -0.25) is 5.32 Å². The molecule has 0 heterocycles. The Morgan fingerprint density at radius 1 is 1.56 bits per heavy atom. The molecule has 0 aliphatic rings. The summed E-state index contributed by atoms with van der Waals surface area (Å²) in [6, 6.07) is -1.91. The van der Waals surface area contributed by atoms with Gasteiger partial charge >= 0.3 is 12.1 Å². The van der Waals surface area contributed by atoms with Crippen LogP contribution >= 0.6 is 0 Å². The number of nitrogens with two attached hydrogens (primary N) is 1. The zero-order valence-corrected chi connectivity index (χ0v) is 4.34. The van der Waals surface area contributed by atoms with E-state index in [1.165, 1.54) is 0 Å². The fourth-order valence-corrected chi connectivity index (χ4v) is 0.191. The van der Waals surface area contributed by atoms with Crippen molar-refractivity contribution < 1.29 is 9.59 Å². The number of imide groups is 1. The molecule has 0 saturated heterocycles. The van der Waals surface area contributed by atoms with Crippen LogP contribution in [0, 0.1) is 6.57 Å². The van der Waals surface area contributed by atoms with Crippen molar-refractivity contribution in [2.75, 3.05) is 0 Å². The number of nitrogens with zero attached hydrogens (tertiary/aromatic N) is 1. The number of hydrogen-bond acceptors (Lipinski definition) is 2. The number of rotatable bonds is 0. The minimum Gasteiger partial charge on any atom is -0.351 e. The molecule has 0 spiro atoms. The Morgan fingerprint density at radius 3 is 2.44 bits per heavy atom. The quantitative estimate of drug-likeness (QED) is 0.294. The van der Waals surface area contributed by atoms with Gasteiger partial charge in [-0.15, -0.1) is 0 Å². The van der Waals surface area contributed by atoms with E-state index in [1.54, 1.807) is 10.7 Å². The zero-order valence-electron chi connectivity index (χ0n) is 4.34. The molecule has 6 nitrogen and oxygen atoms in total. The van der Waals surface area contributed by atoms with Gasteiger partial charge in [0.25, 0.3) is 0 Å². The van der Waals surface area contributed by atoms with Crippen molar-refractivity contribution in [2.24, 2.45) is 5.73 Å². The highest BCUT2D eigenvalue weighted by Crippen LogP contribution is 1.61. The molecule has 0 radical (unpaired) electrons. The van der Waals surface area contributed by atoms with Crippen molar-refractivity contribution >= 4 is 12.1 Å². The third kappa shape index (κ3) is 4.08. The molecule has 0 fully saturated rings. The van der Waals surface area contributed by atoms with Crippen LogP contribution in [0.25, 0.3) is 4.95 Å². The highest BCUT2D eigenvalue weighted by atomic mass is 16.2. The van der Waals surface area contributed by atoms with Crippen LogP contribution in [0.1, 0.15) is 0 Å². The van der Waals surface area contributed by atoms with Gasteiger partial charge in [0.2, 0.25) is 0 Å². The summed E-state index contributed by atoms with van der Waals surface area (Å²) in [5.74, 6) is 0. The summed E-state index contributed by atoms with van der Waals surface area (Å²) in [5.41, 5.74) is 6.13. The molecule has 0 aromatic carbocycles. The summed E-state index contributed by atoms with van der Waals surface area (Å²) in [7, 11) is 0. The van der Waals surface area contributed by atoms with Gasteiger partial charge in [0, 0.05) is 0 Å². The van der Waals surface area contributed by atoms with Crippen LogP contribution in [-0.2, 0) is 0 Å². The van der Waals surface area contributed by atoms with Crippen molar-refractivity contribution in [2.45, 2.75) is 0 Å². The minimum atomic E-state index is -0.990. The maximum atomic E-state index is 10.1. The third-order valence-corrected chi connectivity index (χ3v) is 0.394. The maximum Gasteiger partial charge on any atom is 0.387 e. The number of primary amides is 1. The van der Waals surface area contributed by atoms with E-state index in [2.05, 4.69) is 10.7 Å². The normalized spacial score (nSPS) is 7.00. The molecular weight excluding hydrogens is 124 g/mol. The maximum absolute atomic E-state index is 10.1. The van der Waals surface area contributed by atoms with Crippen LogP contribution in [0.5, 0.6) is 0 Å². The van der Waals surface area contributed by atoms with E-state index in [1.807, 2.05) is 0 Å². The molecule has 0 saturated carbocycles. The van der Waals surface area contributed by atoms with Gasteiger partial charge in [0.05, 0.1) is 0 Å². The van der Waals surface area contributed by atoms with Gasteiger partial charge in [0.1, 0.15) is 0 Å². The first-order chi connectivity index (χ1) is 4.16. The Kier molecular flexibility index (Phi) is 2.62. The number of urea groups is 2. The van der Waals surface area contributed by atoms with E-state index in [4.69, 9.17) is 6.57 Å². The molecule has 0 aliphatic heterocycles. The summed E-state index contributed by atoms with van der Waals surface area (Å²) in [5, 5.41) is 1.62. The second-order valence-electron chi connectivity index (χ2n) is 1.04. The number of amides is 4. The lowest BCUT2D eigenvalue weighted by molar-refractivity contribution is 0.233. The fraction of sp³-hybridized carbons (Fsp3) is 0. The molecule has 4 amide bonds. The minimum absolute atomic E-state index is 0.919. The van der Waals surface area contributed by atoms with Crippen LogP contribution in [0.2, 0.25) is 0 Å². The monoisotopic (exact) mass is 128 g/mol. The SMILES string of the molecule is [C-]#[N+]NC(=O)NC(N)=O. The second-order valence-corrected chi connectivity index (χ2v) is 1.04. The van der Waals surface area contributed by atoms with Gasteiger partial charge < -0.3 is 5.73 Å². The molecular formula is C3H4N4O2. The van der Waals surface area contributed by atoms with Crippen LogP contribution in [-0.4, -0.2) is 12.1 Å². The number of carbonyl (C=O) groups excluding carboxylic acids is 2. The third-order valence-electron chi connectivity index (χ3n) is 0.394. The summed E-state index contributed by atoms with van der Waals surface area (Å²) in [4.78, 5) is 22.4. The van der Waals surface area contributed by atoms with E-state index >= 15 is 0 Å². The van der Waals surface area contributed by atoms with Gasteiger partial charge in [-0.25, -0.2) is 9.59 Å². The molecule has 0 aliphatic carbocycles. The summed E-state index contributed by atoms with van der Waals surface area (Å²) < 4.78 is 0. The van der Waals surface area contributed by atoms with Crippen molar-refractivity contribution in [1.82, 2.24) is 10.7 Å². The molecule has 6 heteroatoms. The van der Waals surface area contributed by atoms with E-state index in [9.17, 15) is 9.59 Å². The summed E-state index contributed by atoms with van der Waals surface area (Å²) in [6.45, 7) is 6.08. The molecule has 9 heavy (non-hydrogen) atoms. The highest BCUT2D eigenvalue weighted by molar-refractivity contribution is 5.92. The van der Waals surface area contributed by atoms with Gasteiger partial charge in [-0.1, -0.05) is 0 Å². The molecule has 0 atom stereocenters. The van der Waals surface area contributed by atoms with Crippen LogP contribution in [0.3, 0.4) is 0 Å². The average molecular weight is 128 g/mol. The number of nitrogens with one attached hydrogen (secondary N) is 2. The van der Waals surface area contributed by atoms with E-state index in [0.29, 0.717) is 0 Å². The van der Waals surface area contributed by atoms with Crippen LogP contribution in [0.4, 0.5) is 9.59 Å². The van der Waals surface area contributed by atoms with Crippen molar-refractivity contribution in [3.63, 3.8) is 0 Å². The Bertz CT molecular complexity index is 169. The lowest BCUT2D eigenvalue weighted by Gasteiger charge is -1.90. The number of hydrogen-bond donors (Lipinski definition) is 3. The fourth-order valence-electron chi connectivity index (χ4n) is 0.191. The van der Waals surface area contributed by atoms with Crippen molar-refractivity contribution in [3.05, 3.63) is 11.5 Å². The van der Waals surface area contributed by atoms with Gasteiger partial charge in [0.15, 0.2) is 0 Å². The molecule has 0 aromatic heterocycles. The summed E-state index contributed by atoms with van der Waals surface area (Å²) in [6.07, 6.45) is 0. The van der Waals surface area contributed by atoms with Crippen molar-refractivity contribution in [3.8, 4) is 0 Å². The lowest BCUT2D eigenvalue weighted by Crippen LogP contribution is -2.39. The largest absolute Gasteiger partial charge is 0.387 e. The standard InChI is InChI=1S/C3H4N4O2/c1-5-7-3(9)6-2(4)8/h(H4,4,6,7,8,9). The van der Waals surface area contributed by atoms with Gasteiger partial charge in [-0.2, -0.15) is 11.5 Å². The first-order valence-corrected chi connectivity index (χ1v) is 1.89. The van der Waals surface area contributed by atoms with Crippen molar-refractivity contribution in [1.29, 1.82) is 0 Å². The Labute approximate surface area is 50.8 Å². The predicted octanol–water partition coefficient (Wildman–Crippen LogP) is -0.801. The smallest absolute Gasteiger partial charge is 0.351 e. The topological polar surface area (TPSA) is 88.6 Å². The molecule has 0 aromatic rings. The Balaban J connectivity index is 3.54. The molecule has 0 rings (SSSR count). The number of carbonyl (C=O) groups is 2. The molecule has 0 bridgehead atoms.